The topological polar surface area (TPSA) is 35.2 Å². The maximum atomic E-state index is 11.8. The van der Waals surface area contributed by atoms with E-state index in [1.807, 2.05) is 12.1 Å². The number of hydrogen-bond acceptors (Lipinski definition) is 2. The first kappa shape index (κ1) is 10.9. The second-order valence-corrected chi connectivity index (χ2v) is 2.84. The summed E-state index contributed by atoms with van der Waals surface area (Å²) in [6.07, 6.45) is -2.57. The van der Waals surface area contributed by atoms with Crippen molar-refractivity contribution >= 4 is 0 Å². The van der Waals surface area contributed by atoms with E-state index in [0.29, 0.717) is 12.3 Å². The number of ether oxygens (including phenoxy) is 1. The Morgan fingerprint density at radius 3 is 2.64 bits per heavy atom. The van der Waals surface area contributed by atoms with Gasteiger partial charge >= 0.3 is 0 Å². The number of para-hydroxylation sites is 1. The Hall–Kier alpha value is -1.16. The van der Waals surface area contributed by atoms with Crippen LogP contribution in [0, 0.1) is 0 Å². The summed E-state index contributed by atoms with van der Waals surface area (Å²) in [5, 5.41) is 0. The third kappa shape index (κ3) is 3.30. The van der Waals surface area contributed by atoms with E-state index < -0.39 is 6.43 Å². The van der Waals surface area contributed by atoms with Crippen LogP contribution in [0.4, 0.5) is 8.78 Å². The number of hydrogen-bond donors (Lipinski definition) is 1. The summed E-state index contributed by atoms with van der Waals surface area (Å²) < 4.78 is 28.8. The molecule has 0 spiro atoms. The minimum atomic E-state index is -2.32. The summed E-state index contributed by atoms with van der Waals surface area (Å²) in [5.41, 5.74) is 6.29. The summed E-state index contributed by atoms with van der Waals surface area (Å²) in [7, 11) is 0. The average Bonchev–Trinajstić information content (AvgIpc) is 2.18. The highest BCUT2D eigenvalue weighted by Crippen LogP contribution is 2.17. The third-order valence-electron chi connectivity index (χ3n) is 1.79. The molecule has 0 aromatic heterocycles. The maximum absolute atomic E-state index is 11.8. The van der Waals surface area contributed by atoms with Crippen molar-refractivity contribution in [2.45, 2.75) is 19.4 Å². The second-order valence-electron chi connectivity index (χ2n) is 2.84. The number of halogens is 2. The van der Waals surface area contributed by atoms with Gasteiger partial charge in [0.2, 0.25) is 6.43 Å². The predicted octanol–water partition coefficient (Wildman–Crippen LogP) is 2.18. The number of nitrogens with two attached hydrogens (primary N) is 1. The van der Waals surface area contributed by atoms with Crippen LogP contribution in [0.2, 0.25) is 0 Å². The highest BCUT2D eigenvalue weighted by molar-refractivity contribution is 5.32. The Balaban J connectivity index is 2.49. The van der Waals surface area contributed by atoms with Gasteiger partial charge in [-0.2, -0.15) is 0 Å². The zero-order chi connectivity index (χ0) is 10.4. The van der Waals surface area contributed by atoms with E-state index >= 15 is 0 Å². The zero-order valence-electron chi connectivity index (χ0n) is 7.75. The molecule has 2 N–H and O–H groups in total. The number of rotatable bonds is 5. The van der Waals surface area contributed by atoms with E-state index in [0.717, 1.165) is 5.56 Å². The minimum absolute atomic E-state index is 0.0225. The van der Waals surface area contributed by atoms with Gasteiger partial charge < -0.3 is 10.5 Å². The lowest BCUT2D eigenvalue weighted by Crippen LogP contribution is -2.06. The van der Waals surface area contributed by atoms with Crippen LogP contribution < -0.4 is 10.5 Å². The van der Waals surface area contributed by atoms with E-state index in [1.54, 1.807) is 12.1 Å². The molecular weight excluding hydrogens is 188 g/mol. The molecule has 0 atom stereocenters. The van der Waals surface area contributed by atoms with Gasteiger partial charge in [-0.25, -0.2) is 8.78 Å². The molecule has 0 heterocycles. The van der Waals surface area contributed by atoms with Crippen molar-refractivity contribution in [1.29, 1.82) is 0 Å². The van der Waals surface area contributed by atoms with Gasteiger partial charge in [-0.1, -0.05) is 18.2 Å². The summed E-state index contributed by atoms with van der Waals surface area (Å²) >= 11 is 0. The molecule has 78 valence electrons. The first-order valence-electron chi connectivity index (χ1n) is 4.43. The van der Waals surface area contributed by atoms with Gasteiger partial charge in [0.05, 0.1) is 6.61 Å². The molecule has 4 heteroatoms. The van der Waals surface area contributed by atoms with Gasteiger partial charge in [0.1, 0.15) is 5.75 Å². The van der Waals surface area contributed by atoms with Crippen molar-refractivity contribution in [3.63, 3.8) is 0 Å². The number of benzene rings is 1. The van der Waals surface area contributed by atoms with Crippen LogP contribution >= 0.6 is 0 Å². The molecule has 0 aliphatic heterocycles. The molecule has 0 bridgehead atoms. The summed E-state index contributed by atoms with van der Waals surface area (Å²) in [6.45, 7) is 0.375. The lowest BCUT2D eigenvalue weighted by atomic mass is 10.2. The van der Waals surface area contributed by atoms with Crippen molar-refractivity contribution < 1.29 is 13.5 Å². The lowest BCUT2D eigenvalue weighted by molar-refractivity contribution is 0.114. The molecule has 0 saturated heterocycles. The van der Waals surface area contributed by atoms with E-state index in [-0.39, 0.29) is 13.0 Å². The Bertz CT molecular complexity index is 279. The highest BCUT2D eigenvalue weighted by atomic mass is 19.3. The summed E-state index contributed by atoms with van der Waals surface area (Å²) in [4.78, 5) is 0. The first-order chi connectivity index (χ1) is 6.74. The van der Waals surface area contributed by atoms with E-state index in [1.165, 1.54) is 0 Å². The van der Waals surface area contributed by atoms with Crippen LogP contribution in [0.25, 0.3) is 0 Å². The van der Waals surface area contributed by atoms with Crippen molar-refractivity contribution in [1.82, 2.24) is 0 Å². The van der Waals surface area contributed by atoms with Gasteiger partial charge in [-0.15, -0.1) is 0 Å². The van der Waals surface area contributed by atoms with Crippen LogP contribution in [0.3, 0.4) is 0 Å². The minimum Gasteiger partial charge on any atom is -0.493 e. The van der Waals surface area contributed by atoms with Crippen molar-refractivity contribution in [3.8, 4) is 5.75 Å². The molecule has 1 aromatic carbocycles. The fourth-order valence-corrected chi connectivity index (χ4v) is 1.07. The largest absolute Gasteiger partial charge is 0.493 e. The second kappa shape index (κ2) is 5.54. The SMILES string of the molecule is NCc1ccccc1OCCC(F)F. The van der Waals surface area contributed by atoms with Crippen LogP contribution in [0.5, 0.6) is 5.75 Å². The van der Waals surface area contributed by atoms with Gasteiger partial charge in [0.15, 0.2) is 0 Å². The van der Waals surface area contributed by atoms with Crippen molar-refractivity contribution in [2.24, 2.45) is 5.73 Å². The molecule has 1 aromatic rings. The molecule has 0 saturated carbocycles. The Kier molecular flexibility index (Phi) is 4.32. The van der Waals surface area contributed by atoms with Crippen LogP contribution in [-0.4, -0.2) is 13.0 Å². The monoisotopic (exact) mass is 201 g/mol. The van der Waals surface area contributed by atoms with E-state index in [9.17, 15) is 8.78 Å². The lowest BCUT2D eigenvalue weighted by Gasteiger charge is -2.09. The molecule has 0 unspecified atom stereocenters. The highest BCUT2D eigenvalue weighted by Gasteiger charge is 2.04. The molecule has 2 nitrogen and oxygen atoms in total. The van der Waals surface area contributed by atoms with Gasteiger partial charge in [0, 0.05) is 18.5 Å². The van der Waals surface area contributed by atoms with Gasteiger partial charge in [-0.3, -0.25) is 0 Å². The molecule has 0 fully saturated rings. The molecule has 14 heavy (non-hydrogen) atoms. The van der Waals surface area contributed by atoms with Crippen molar-refractivity contribution in [3.05, 3.63) is 29.8 Å². The zero-order valence-corrected chi connectivity index (χ0v) is 7.75. The van der Waals surface area contributed by atoms with E-state index in [4.69, 9.17) is 10.5 Å². The van der Waals surface area contributed by atoms with Gasteiger partial charge in [-0.05, 0) is 6.07 Å². The fraction of sp³-hybridized carbons (Fsp3) is 0.400. The summed E-state index contributed by atoms with van der Waals surface area (Å²) in [5.74, 6) is 0.593. The van der Waals surface area contributed by atoms with Crippen LogP contribution in [0.1, 0.15) is 12.0 Å². The average molecular weight is 201 g/mol. The smallest absolute Gasteiger partial charge is 0.241 e. The van der Waals surface area contributed by atoms with Crippen LogP contribution in [0.15, 0.2) is 24.3 Å². The Morgan fingerprint density at radius 1 is 1.29 bits per heavy atom. The molecule has 0 aliphatic carbocycles. The molecular formula is C10H13F2NO. The molecule has 1 rings (SSSR count). The fourth-order valence-electron chi connectivity index (χ4n) is 1.07. The van der Waals surface area contributed by atoms with E-state index in [2.05, 4.69) is 0 Å². The van der Waals surface area contributed by atoms with Crippen molar-refractivity contribution in [2.75, 3.05) is 6.61 Å². The standard InChI is InChI=1S/C10H13F2NO/c11-10(12)5-6-14-9-4-2-1-3-8(9)7-13/h1-4,10H,5-7,13H2. The molecule has 0 radical (unpaired) electrons. The Morgan fingerprint density at radius 2 is 2.00 bits per heavy atom. The predicted molar refractivity (Wildman–Crippen MR) is 50.4 cm³/mol. The van der Waals surface area contributed by atoms with Gasteiger partial charge in [0.25, 0.3) is 0 Å². The normalized spacial score (nSPS) is 10.6. The Labute approximate surface area is 81.7 Å². The maximum Gasteiger partial charge on any atom is 0.241 e. The summed E-state index contributed by atoms with van der Waals surface area (Å²) in [6, 6.07) is 7.17. The molecule has 0 aliphatic rings. The number of alkyl halides is 2. The van der Waals surface area contributed by atoms with Crippen LogP contribution in [-0.2, 0) is 6.54 Å². The first-order valence-corrected chi connectivity index (χ1v) is 4.43. The third-order valence-corrected chi connectivity index (χ3v) is 1.79. The quantitative estimate of drug-likeness (QED) is 0.792. The molecule has 0 amide bonds.